The second-order valence-corrected chi connectivity index (χ2v) is 12.6. The Balaban J connectivity index is 1.27. The van der Waals surface area contributed by atoms with E-state index in [9.17, 15) is 0 Å². The maximum atomic E-state index is 6.43. The molecule has 6 aromatic carbocycles. The SMILES string of the molecule is CC1(C)c2ccccc2-c2nc(-c3cccc(-c4ccccc4)c3)nc(-c3cccc(-c4cccc5c4oc4ccccc45)c3)c21. The maximum Gasteiger partial charge on any atom is 0.160 e. The second kappa shape index (κ2) is 10.1. The van der Waals surface area contributed by atoms with Crippen molar-refractivity contribution in [1.29, 1.82) is 0 Å². The number of rotatable bonds is 4. The van der Waals surface area contributed by atoms with Crippen molar-refractivity contribution in [2.24, 2.45) is 0 Å². The molecule has 0 amide bonds. The van der Waals surface area contributed by atoms with E-state index in [0.29, 0.717) is 0 Å². The van der Waals surface area contributed by atoms with Crippen LogP contribution in [0.1, 0.15) is 25.0 Å². The van der Waals surface area contributed by atoms with Crippen LogP contribution in [0.3, 0.4) is 0 Å². The van der Waals surface area contributed by atoms with Crippen molar-refractivity contribution in [1.82, 2.24) is 9.97 Å². The summed E-state index contributed by atoms with van der Waals surface area (Å²) in [4.78, 5) is 10.7. The van der Waals surface area contributed by atoms with Crippen molar-refractivity contribution in [2.75, 3.05) is 0 Å². The molecule has 2 heterocycles. The van der Waals surface area contributed by atoms with Gasteiger partial charge in [0.1, 0.15) is 11.2 Å². The number of para-hydroxylation sites is 2. The van der Waals surface area contributed by atoms with Gasteiger partial charge in [0.05, 0.1) is 11.4 Å². The molecule has 0 spiro atoms. The molecule has 8 aromatic rings. The molecule has 0 saturated carbocycles. The zero-order valence-electron chi connectivity index (χ0n) is 25.7. The van der Waals surface area contributed by atoms with Gasteiger partial charge < -0.3 is 4.42 Å². The first kappa shape index (κ1) is 26.6. The van der Waals surface area contributed by atoms with Crippen LogP contribution in [0.4, 0.5) is 0 Å². The summed E-state index contributed by atoms with van der Waals surface area (Å²) < 4.78 is 6.43. The molecule has 0 N–H and O–H groups in total. The average Bonchev–Trinajstić information content (AvgIpc) is 3.61. The van der Waals surface area contributed by atoms with Crippen LogP contribution < -0.4 is 0 Å². The first-order chi connectivity index (χ1) is 22.6. The van der Waals surface area contributed by atoms with Crippen molar-refractivity contribution in [2.45, 2.75) is 19.3 Å². The van der Waals surface area contributed by atoms with E-state index < -0.39 is 0 Å². The number of benzene rings is 6. The summed E-state index contributed by atoms with van der Waals surface area (Å²) in [6.07, 6.45) is 0. The number of furan rings is 1. The highest BCUT2D eigenvalue weighted by molar-refractivity contribution is 6.09. The van der Waals surface area contributed by atoms with Gasteiger partial charge in [-0.1, -0.05) is 141 Å². The van der Waals surface area contributed by atoms with Gasteiger partial charge in [0.25, 0.3) is 0 Å². The van der Waals surface area contributed by atoms with Gasteiger partial charge in [0.2, 0.25) is 0 Å². The van der Waals surface area contributed by atoms with Crippen LogP contribution in [-0.4, -0.2) is 9.97 Å². The minimum atomic E-state index is -0.263. The van der Waals surface area contributed by atoms with E-state index in [-0.39, 0.29) is 5.41 Å². The molecule has 0 fully saturated rings. The van der Waals surface area contributed by atoms with Crippen LogP contribution in [0.25, 0.3) is 78.1 Å². The normalized spacial score (nSPS) is 13.2. The van der Waals surface area contributed by atoms with Crippen molar-refractivity contribution < 1.29 is 4.42 Å². The Morgan fingerprint density at radius 1 is 0.478 bits per heavy atom. The highest BCUT2D eigenvalue weighted by Gasteiger charge is 2.40. The third kappa shape index (κ3) is 4.05. The molecular weight excluding hydrogens is 560 g/mol. The Labute approximate surface area is 267 Å². The van der Waals surface area contributed by atoms with Crippen LogP contribution in [0.5, 0.6) is 0 Å². The average molecular weight is 591 g/mol. The van der Waals surface area contributed by atoms with Gasteiger partial charge in [0.15, 0.2) is 5.82 Å². The van der Waals surface area contributed by atoms with Crippen LogP contribution in [0.2, 0.25) is 0 Å². The van der Waals surface area contributed by atoms with Gasteiger partial charge in [-0.05, 0) is 40.5 Å². The first-order valence-electron chi connectivity index (χ1n) is 15.8. The van der Waals surface area contributed by atoms with Gasteiger partial charge in [-0.25, -0.2) is 9.97 Å². The lowest BCUT2D eigenvalue weighted by Gasteiger charge is -2.24. The molecule has 46 heavy (non-hydrogen) atoms. The van der Waals surface area contributed by atoms with Gasteiger partial charge in [0, 0.05) is 44.0 Å². The Bertz CT molecular complexity index is 2450. The molecule has 0 radical (unpaired) electrons. The zero-order chi connectivity index (χ0) is 30.8. The Morgan fingerprint density at radius 3 is 1.98 bits per heavy atom. The van der Waals surface area contributed by atoms with Crippen molar-refractivity contribution in [3.63, 3.8) is 0 Å². The fourth-order valence-corrected chi connectivity index (χ4v) is 7.23. The van der Waals surface area contributed by atoms with Crippen molar-refractivity contribution in [3.8, 4) is 56.2 Å². The highest BCUT2D eigenvalue weighted by Crippen LogP contribution is 2.51. The molecule has 2 aromatic heterocycles. The standard InChI is InChI=1S/C43H30N2O/c1-43(2)36-23-8-6-20-35(36)40-38(43)39(44-42(45-40)31-18-10-15-28(25-31)27-13-4-3-5-14-27)30-17-11-16-29(26-30)32-21-12-22-34-33-19-7-9-24-37(33)46-41(32)34/h3-26H,1-2H3. The molecule has 0 unspecified atom stereocenters. The number of hydrogen-bond acceptors (Lipinski definition) is 3. The van der Waals surface area contributed by atoms with Crippen LogP contribution >= 0.6 is 0 Å². The first-order valence-corrected chi connectivity index (χ1v) is 15.8. The van der Waals surface area contributed by atoms with Gasteiger partial charge in [-0.15, -0.1) is 0 Å². The molecule has 1 aliphatic rings. The summed E-state index contributed by atoms with van der Waals surface area (Å²) in [7, 11) is 0. The molecule has 3 heteroatoms. The summed E-state index contributed by atoms with van der Waals surface area (Å²) >= 11 is 0. The Kier molecular flexibility index (Phi) is 5.85. The van der Waals surface area contributed by atoms with E-state index in [4.69, 9.17) is 14.4 Å². The lowest BCUT2D eigenvalue weighted by atomic mass is 9.80. The minimum absolute atomic E-state index is 0.263. The number of aromatic nitrogens is 2. The summed E-state index contributed by atoms with van der Waals surface area (Å²) in [5.41, 5.74) is 13.7. The predicted octanol–water partition coefficient (Wildman–Crippen LogP) is 11.4. The van der Waals surface area contributed by atoms with E-state index >= 15 is 0 Å². The molecule has 0 aliphatic heterocycles. The number of nitrogens with zero attached hydrogens (tertiary/aromatic N) is 2. The molecule has 218 valence electrons. The largest absolute Gasteiger partial charge is 0.455 e. The molecule has 0 bridgehead atoms. The van der Waals surface area contributed by atoms with E-state index in [1.54, 1.807) is 0 Å². The van der Waals surface area contributed by atoms with E-state index in [1.165, 1.54) is 16.7 Å². The predicted molar refractivity (Wildman–Crippen MR) is 189 cm³/mol. The molecule has 9 rings (SSSR count). The Hall–Kier alpha value is -5.80. The van der Waals surface area contributed by atoms with Crippen LogP contribution in [-0.2, 0) is 5.41 Å². The molecular formula is C43H30N2O. The quantitative estimate of drug-likeness (QED) is 0.205. The third-order valence-corrected chi connectivity index (χ3v) is 9.47. The summed E-state index contributed by atoms with van der Waals surface area (Å²) in [6, 6.07) is 51.1. The highest BCUT2D eigenvalue weighted by atomic mass is 16.3. The van der Waals surface area contributed by atoms with Gasteiger partial charge in [-0.3, -0.25) is 0 Å². The van der Waals surface area contributed by atoms with Crippen molar-refractivity contribution in [3.05, 3.63) is 157 Å². The lowest BCUT2D eigenvalue weighted by Crippen LogP contribution is -2.17. The maximum absolute atomic E-state index is 6.43. The van der Waals surface area contributed by atoms with Crippen molar-refractivity contribution >= 4 is 21.9 Å². The van der Waals surface area contributed by atoms with Crippen LogP contribution in [0.15, 0.2) is 150 Å². The van der Waals surface area contributed by atoms with Crippen LogP contribution in [0, 0.1) is 0 Å². The minimum Gasteiger partial charge on any atom is -0.455 e. The fourth-order valence-electron chi connectivity index (χ4n) is 7.23. The second-order valence-electron chi connectivity index (χ2n) is 12.6. The zero-order valence-corrected chi connectivity index (χ0v) is 25.7. The topological polar surface area (TPSA) is 38.9 Å². The van der Waals surface area contributed by atoms with E-state index in [0.717, 1.165) is 72.5 Å². The fraction of sp³-hybridized carbons (Fsp3) is 0.0698. The smallest absolute Gasteiger partial charge is 0.160 e. The van der Waals surface area contributed by atoms with Gasteiger partial charge in [-0.2, -0.15) is 0 Å². The van der Waals surface area contributed by atoms with E-state index in [1.807, 2.05) is 18.2 Å². The monoisotopic (exact) mass is 590 g/mol. The molecule has 3 nitrogen and oxygen atoms in total. The van der Waals surface area contributed by atoms with Gasteiger partial charge >= 0.3 is 0 Å². The molecule has 0 atom stereocenters. The third-order valence-electron chi connectivity index (χ3n) is 9.47. The summed E-state index contributed by atoms with van der Waals surface area (Å²) in [5.74, 6) is 0.726. The number of hydrogen-bond donors (Lipinski definition) is 0. The Morgan fingerprint density at radius 2 is 1.09 bits per heavy atom. The molecule has 1 aliphatic carbocycles. The summed E-state index contributed by atoms with van der Waals surface area (Å²) in [6.45, 7) is 4.58. The number of fused-ring (bicyclic) bond motifs is 6. The van der Waals surface area contributed by atoms with E-state index in [2.05, 4.69) is 141 Å². The lowest BCUT2D eigenvalue weighted by molar-refractivity contribution is 0.658. The molecule has 0 saturated heterocycles. The summed E-state index contributed by atoms with van der Waals surface area (Å²) in [5, 5.41) is 2.25.